The van der Waals surface area contributed by atoms with Gasteiger partial charge in [0.15, 0.2) is 0 Å². The Morgan fingerprint density at radius 2 is 1.52 bits per heavy atom. The van der Waals surface area contributed by atoms with Crippen molar-refractivity contribution < 1.29 is 8.42 Å². The maximum Gasteiger partial charge on any atom is 0.264 e. The van der Waals surface area contributed by atoms with Crippen molar-refractivity contribution in [2.75, 3.05) is 19.0 Å². The lowest BCUT2D eigenvalue weighted by molar-refractivity contribution is 0.447. The van der Waals surface area contributed by atoms with E-state index in [0.29, 0.717) is 4.90 Å². The first-order chi connectivity index (χ1) is 13.9. The number of aryl methyl sites for hydroxylation is 1. The van der Waals surface area contributed by atoms with Gasteiger partial charge in [-0.1, -0.05) is 54.1 Å². The molecule has 0 aromatic heterocycles. The van der Waals surface area contributed by atoms with Crippen LogP contribution in [0.2, 0.25) is 0 Å². The van der Waals surface area contributed by atoms with Crippen LogP contribution in [-0.4, -0.2) is 26.8 Å². The van der Waals surface area contributed by atoms with Gasteiger partial charge in [0.25, 0.3) is 10.0 Å². The Morgan fingerprint density at radius 3 is 2.17 bits per heavy atom. The lowest BCUT2D eigenvalue weighted by atomic mass is 9.92. The molecule has 3 aromatic carbocycles. The molecule has 1 atom stereocenters. The first-order valence-electron chi connectivity index (χ1n) is 9.52. The topological polar surface area (TPSA) is 40.6 Å². The summed E-state index contributed by atoms with van der Waals surface area (Å²) in [5.74, 6) is 0. The third kappa shape index (κ3) is 3.54. The second-order valence-electron chi connectivity index (χ2n) is 7.48. The standard InChI is InChI=1S/C24H24N2O2S/c1-18-8-14-22(15-9-18)29(27,28)26-17-16-19-6-4-5-7-23(19)24(26)20-10-12-21(13-11-20)25(2)3/h4-17,24H,1-3H3/t24-/m0/s1. The second kappa shape index (κ2) is 7.41. The third-order valence-corrected chi connectivity index (χ3v) is 7.02. The van der Waals surface area contributed by atoms with Crippen LogP contribution >= 0.6 is 0 Å². The van der Waals surface area contributed by atoms with Gasteiger partial charge in [0.05, 0.1) is 10.9 Å². The number of hydrogen-bond donors (Lipinski definition) is 0. The maximum absolute atomic E-state index is 13.5. The van der Waals surface area contributed by atoms with Crippen LogP contribution < -0.4 is 4.90 Å². The van der Waals surface area contributed by atoms with Gasteiger partial charge in [-0.3, -0.25) is 4.31 Å². The molecule has 0 spiro atoms. The predicted molar refractivity (Wildman–Crippen MR) is 118 cm³/mol. The van der Waals surface area contributed by atoms with Gasteiger partial charge in [0.1, 0.15) is 0 Å². The van der Waals surface area contributed by atoms with E-state index in [9.17, 15) is 8.42 Å². The minimum atomic E-state index is -3.71. The molecule has 5 heteroatoms. The third-order valence-electron chi connectivity index (χ3n) is 5.27. The molecular formula is C24H24N2O2S. The molecule has 0 N–H and O–H groups in total. The molecule has 0 bridgehead atoms. The molecule has 0 fully saturated rings. The Morgan fingerprint density at radius 1 is 0.862 bits per heavy atom. The van der Waals surface area contributed by atoms with E-state index in [2.05, 4.69) is 0 Å². The van der Waals surface area contributed by atoms with Gasteiger partial charge in [-0.25, -0.2) is 8.42 Å². The lowest BCUT2D eigenvalue weighted by Gasteiger charge is -2.34. The van der Waals surface area contributed by atoms with E-state index in [-0.39, 0.29) is 0 Å². The van der Waals surface area contributed by atoms with Crippen molar-refractivity contribution >= 4 is 21.8 Å². The van der Waals surface area contributed by atoms with Crippen LogP contribution in [0, 0.1) is 6.92 Å². The van der Waals surface area contributed by atoms with Crippen LogP contribution in [0.4, 0.5) is 5.69 Å². The molecule has 29 heavy (non-hydrogen) atoms. The Kier molecular flexibility index (Phi) is 4.92. The molecule has 0 aliphatic carbocycles. The monoisotopic (exact) mass is 404 g/mol. The summed E-state index contributed by atoms with van der Waals surface area (Å²) < 4.78 is 28.5. The number of nitrogens with zero attached hydrogens (tertiary/aromatic N) is 2. The zero-order valence-electron chi connectivity index (χ0n) is 16.8. The van der Waals surface area contributed by atoms with E-state index in [4.69, 9.17) is 0 Å². The highest BCUT2D eigenvalue weighted by atomic mass is 32.2. The van der Waals surface area contributed by atoms with Crippen molar-refractivity contribution in [1.29, 1.82) is 0 Å². The van der Waals surface area contributed by atoms with Gasteiger partial charge in [-0.2, -0.15) is 0 Å². The van der Waals surface area contributed by atoms with Gasteiger partial charge in [0.2, 0.25) is 0 Å². The zero-order chi connectivity index (χ0) is 20.6. The van der Waals surface area contributed by atoms with Crippen molar-refractivity contribution in [3.8, 4) is 0 Å². The van der Waals surface area contributed by atoms with Crippen LogP contribution in [0.1, 0.15) is 28.3 Å². The van der Waals surface area contributed by atoms with Gasteiger partial charge in [-0.15, -0.1) is 0 Å². The van der Waals surface area contributed by atoms with Gasteiger partial charge in [0, 0.05) is 26.0 Å². The number of rotatable bonds is 4. The second-order valence-corrected chi connectivity index (χ2v) is 9.32. The molecule has 1 aliphatic rings. The van der Waals surface area contributed by atoms with E-state index < -0.39 is 16.1 Å². The number of fused-ring (bicyclic) bond motifs is 1. The summed E-state index contributed by atoms with van der Waals surface area (Å²) in [7, 11) is 0.267. The van der Waals surface area contributed by atoms with Gasteiger partial charge in [-0.05, 0) is 54.0 Å². The fourth-order valence-electron chi connectivity index (χ4n) is 3.62. The molecule has 0 saturated heterocycles. The summed E-state index contributed by atoms with van der Waals surface area (Å²) in [6.07, 6.45) is 3.55. The fraction of sp³-hybridized carbons (Fsp3) is 0.167. The van der Waals surface area contributed by atoms with Crippen LogP contribution in [0.25, 0.3) is 6.08 Å². The SMILES string of the molecule is Cc1ccc(S(=O)(=O)N2C=Cc3ccccc3[C@@H]2c2ccc(N(C)C)cc2)cc1. The lowest BCUT2D eigenvalue weighted by Crippen LogP contribution is -2.33. The smallest absolute Gasteiger partial charge is 0.264 e. The molecular weight excluding hydrogens is 380 g/mol. The first kappa shape index (κ1) is 19.3. The molecule has 4 rings (SSSR count). The molecule has 0 unspecified atom stereocenters. The summed E-state index contributed by atoms with van der Waals surface area (Å²) in [6, 6.07) is 22.6. The Hall–Kier alpha value is -3.05. The molecule has 4 nitrogen and oxygen atoms in total. The van der Waals surface area contributed by atoms with Crippen LogP contribution in [0.15, 0.2) is 83.9 Å². The minimum absolute atomic E-state index is 0.294. The normalized spacial score (nSPS) is 15.8. The van der Waals surface area contributed by atoms with E-state index in [1.54, 1.807) is 18.3 Å². The molecule has 1 heterocycles. The Labute approximate surface area is 172 Å². The van der Waals surface area contributed by atoms with Crippen molar-refractivity contribution in [3.63, 3.8) is 0 Å². The molecule has 0 saturated carbocycles. The van der Waals surface area contributed by atoms with E-state index in [0.717, 1.165) is 27.9 Å². The van der Waals surface area contributed by atoms with Crippen molar-refractivity contribution in [1.82, 2.24) is 4.31 Å². The van der Waals surface area contributed by atoms with Gasteiger partial charge < -0.3 is 4.90 Å². The van der Waals surface area contributed by atoms with Crippen molar-refractivity contribution in [3.05, 3.63) is 101 Å². The number of benzene rings is 3. The molecule has 0 amide bonds. The maximum atomic E-state index is 13.5. The predicted octanol–water partition coefficient (Wildman–Crippen LogP) is 4.83. The quantitative estimate of drug-likeness (QED) is 0.626. The highest BCUT2D eigenvalue weighted by Crippen LogP contribution is 2.39. The van der Waals surface area contributed by atoms with Crippen LogP contribution in [0.3, 0.4) is 0 Å². The Balaban J connectivity index is 1.85. The minimum Gasteiger partial charge on any atom is -0.378 e. The molecule has 3 aromatic rings. The average Bonchev–Trinajstić information content (AvgIpc) is 2.73. The molecule has 148 valence electrons. The number of hydrogen-bond acceptors (Lipinski definition) is 3. The van der Waals surface area contributed by atoms with E-state index >= 15 is 0 Å². The molecule has 1 aliphatic heterocycles. The van der Waals surface area contributed by atoms with Crippen molar-refractivity contribution in [2.45, 2.75) is 17.9 Å². The largest absolute Gasteiger partial charge is 0.378 e. The van der Waals surface area contributed by atoms with E-state index in [1.807, 2.05) is 92.7 Å². The van der Waals surface area contributed by atoms with Crippen LogP contribution in [-0.2, 0) is 10.0 Å². The Bertz CT molecular complexity index is 1150. The first-order valence-corrected chi connectivity index (χ1v) is 11.0. The van der Waals surface area contributed by atoms with E-state index in [1.165, 1.54) is 4.31 Å². The van der Waals surface area contributed by atoms with Crippen LogP contribution in [0.5, 0.6) is 0 Å². The summed E-state index contributed by atoms with van der Waals surface area (Å²) >= 11 is 0. The summed E-state index contributed by atoms with van der Waals surface area (Å²) in [6.45, 7) is 1.95. The molecule has 0 radical (unpaired) electrons. The number of sulfonamides is 1. The van der Waals surface area contributed by atoms with Crippen molar-refractivity contribution in [2.24, 2.45) is 0 Å². The summed E-state index contributed by atoms with van der Waals surface area (Å²) in [5, 5.41) is 0. The summed E-state index contributed by atoms with van der Waals surface area (Å²) in [4.78, 5) is 2.32. The average molecular weight is 405 g/mol. The fourth-order valence-corrected chi connectivity index (χ4v) is 5.08. The van der Waals surface area contributed by atoms with Gasteiger partial charge >= 0.3 is 0 Å². The summed E-state index contributed by atoms with van der Waals surface area (Å²) in [5.41, 5.74) is 5.04. The zero-order valence-corrected chi connectivity index (χ0v) is 17.6. The number of anilines is 1. The highest BCUT2D eigenvalue weighted by molar-refractivity contribution is 7.89. The highest BCUT2D eigenvalue weighted by Gasteiger charge is 2.34.